The number of para-hydroxylation sites is 1. The maximum Gasteiger partial charge on any atom is 0.251 e. The van der Waals surface area contributed by atoms with Gasteiger partial charge in [-0.05, 0) is 55.7 Å². The zero-order valence-corrected chi connectivity index (χ0v) is 15.2. The molecular weight excluding hydrogens is 312 g/mol. The maximum absolute atomic E-state index is 12.5. The van der Waals surface area contributed by atoms with E-state index in [2.05, 4.69) is 30.8 Å². The largest absolute Gasteiger partial charge is 0.496 e. The molecule has 3 aromatic rings. The van der Waals surface area contributed by atoms with Gasteiger partial charge in [-0.3, -0.25) is 4.79 Å². The summed E-state index contributed by atoms with van der Waals surface area (Å²) in [6.07, 6.45) is 0.738. The fourth-order valence-electron chi connectivity index (χ4n) is 3.22. The van der Waals surface area contributed by atoms with Crippen molar-refractivity contribution in [1.29, 1.82) is 0 Å². The van der Waals surface area contributed by atoms with Gasteiger partial charge in [-0.1, -0.05) is 18.2 Å². The van der Waals surface area contributed by atoms with Crippen LogP contribution in [0.5, 0.6) is 5.75 Å². The molecule has 0 saturated heterocycles. The van der Waals surface area contributed by atoms with E-state index in [1.54, 1.807) is 7.11 Å². The summed E-state index contributed by atoms with van der Waals surface area (Å²) in [6, 6.07) is 13.8. The Hall–Kier alpha value is -2.75. The number of hydrogen-bond acceptors (Lipinski definition) is 2. The van der Waals surface area contributed by atoms with E-state index in [0.29, 0.717) is 12.1 Å². The number of amides is 1. The summed E-state index contributed by atoms with van der Waals surface area (Å²) in [6.45, 7) is 4.77. The number of carbonyl (C=O) groups is 1. The van der Waals surface area contributed by atoms with E-state index in [9.17, 15) is 4.79 Å². The van der Waals surface area contributed by atoms with E-state index >= 15 is 0 Å². The van der Waals surface area contributed by atoms with Crippen LogP contribution in [0.25, 0.3) is 10.9 Å². The van der Waals surface area contributed by atoms with Gasteiger partial charge in [-0.2, -0.15) is 0 Å². The highest BCUT2D eigenvalue weighted by molar-refractivity contribution is 5.99. The molecule has 0 bridgehead atoms. The van der Waals surface area contributed by atoms with Crippen LogP contribution in [0.2, 0.25) is 0 Å². The van der Waals surface area contributed by atoms with Crippen molar-refractivity contribution in [3.63, 3.8) is 0 Å². The molecule has 130 valence electrons. The molecular formula is C21H24N2O2. The minimum absolute atomic E-state index is 0.0438. The van der Waals surface area contributed by atoms with Crippen LogP contribution in [0.3, 0.4) is 0 Å². The quantitative estimate of drug-likeness (QED) is 0.770. The van der Waals surface area contributed by atoms with Crippen LogP contribution in [-0.2, 0) is 13.5 Å². The van der Waals surface area contributed by atoms with Crippen LogP contribution in [0.4, 0.5) is 0 Å². The first kappa shape index (κ1) is 17.1. The zero-order chi connectivity index (χ0) is 18.0. The number of aromatic nitrogens is 1. The monoisotopic (exact) mass is 336 g/mol. The van der Waals surface area contributed by atoms with Crippen LogP contribution in [-0.4, -0.2) is 24.1 Å². The number of fused-ring (bicyclic) bond motifs is 1. The molecule has 4 nitrogen and oxygen atoms in total. The van der Waals surface area contributed by atoms with Gasteiger partial charge >= 0.3 is 0 Å². The smallest absolute Gasteiger partial charge is 0.251 e. The SMILES string of the molecule is COc1ccccc1CCNC(=O)c1ccc2c(c1)c(C)c(C)n2C. The number of aryl methyl sites for hydroxylation is 2. The summed E-state index contributed by atoms with van der Waals surface area (Å²) in [5, 5.41) is 4.14. The molecule has 25 heavy (non-hydrogen) atoms. The first-order chi connectivity index (χ1) is 12.0. The van der Waals surface area contributed by atoms with Crippen molar-refractivity contribution in [3.8, 4) is 5.75 Å². The molecule has 0 unspecified atom stereocenters. The standard InChI is InChI=1S/C21H24N2O2/c1-14-15(2)23(3)19-10-9-17(13-18(14)19)21(24)22-12-11-16-7-5-6-8-20(16)25-4/h5-10,13H,11-12H2,1-4H3,(H,22,24). The van der Waals surface area contributed by atoms with E-state index in [4.69, 9.17) is 4.74 Å². The Morgan fingerprint density at radius 2 is 1.92 bits per heavy atom. The highest BCUT2D eigenvalue weighted by Gasteiger charge is 2.12. The Kier molecular flexibility index (Phi) is 4.79. The molecule has 3 rings (SSSR count). The number of methoxy groups -OCH3 is 1. The molecule has 1 N–H and O–H groups in total. The Morgan fingerprint density at radius 3 is 2.68 bits per heavy atom. The van der Waals surface area contributed by atoms with Gasteiger partial charge in [0, 0.05) is 35.8 Å². The number of hydrogen-bond donors (Lipinski definition) is 1. The van der Waals surface area contributed by atoms with E-state index in [1.807, 2.05) is 42.5 Å². The van der Waals surface area contributed by atoms with E-state index < -0.39 is 0 Å². The first-order valence-electron chi connectivity index (χ1n) is 8.48. The van der Waals surface area contributed by atoms with Crippen molar-refractivity contribution >= 4 is 16.8 Å². The van der Waals surface area contributed by atoms with E-state index in [-0.39, 0.29) is 5.91 Å². The van der Waals surface area contributed by atoms with Crippen LogP contribution < -0.4 is 10.1 Å². The average Bonchev–Trinajstić information content (AvgIpc) is 2.86. The van der Waals surface area contributed by atoms with Crippen molar-refractivity contribution in [2.75, 3.05) is 13.7 Å². The van der Waals surface area contributed by atoms with E-state index in [1.165, 1.54) is 11.3 Å². The molecule has 0 fully saturated rings. The topological polar surface area (TPSA) is 43.3 Å². The fourth-order valence-corrected chi connectivity index (χ4v) is 3.22. The van der Waals surface area contributed by atoms with Gasteiger partial charge in [-0.25, -0.2) is 0 Å². The average molecular weight is 336 g/mol. The molecule has 1 heterocycles. The predicted molar refractivity (Wildman–Crippen MR) is 101 cm³/mol. The number of benzene rings is 2. The predicted octanol–water partition coefficient (Wildman–Crippen LogP) is 3.78. The molecule has 4 heteroatoms. The molecule has 2 aromatic carbocycles. The third-order valence-electron chi connectivity index (χ3n) is 4.94. The Balaban J connectivity index is 1.71. The fraction of sp³-hybridized carbons (Fsp3) is 0.286. The van der Waals surface area contributed by atoms with Crippen LogP contribution in [0, 0.1) is 13.8 Å². The first-order valence-corrected chi connectivity index (χ1v) is 8.48. The maximum atomic E-state index is 12.5. The van der Waals surface area contributed by atoms with Gasteiger partial charge < -0.3 is 14.6 Å². The van der Waals surface area contributed by atoms with Gasteiger partial charge in [0.25, 0.3) is 5.91 Å². The van der Waals surface area contributed by atoms with Gasteiger partial charge in [0.05, 0.1) is 7.11 Å². The molecule has 0 saturated carbocycles. The summed E-state index contributed by atoms with van der Waals surface area (Å²) in [4.78, 5) is 12.5. The van der Waals surface area contributed by atoms with Gasteiger partial charge in [0.2, 0.25) is 0 Å². The lowest BCUT2D eigenvalue weighted by Gasteiger charge is -2.09. The molecule has 1 aromatic heterocycles. The summed E-state index contributed by atoms with van der Waals surface area (Å²) in [5.74, 6) is 0.811. The van der Waals surface area contributed by atoms with Crippen LogP contribution >= 0.6 is 0 Å². The molecule has 0 aliphatic heterocycles. The number of rotatable bonds is 5. The van der Waals surface area contributed by atoms with E-state index in [0.717, 1.165) is 28.6 Å². The third kappa shape index (κ3) is 3.25. The third-order valence-corrected chi connectivity index (χ3v) is 4.94. The van der Waals surface area contributed by atoms with Crippen LogP contribution in [0.1, 0.15) is 27.2 Å². The summed E-state index contributed by atoms with van der Waals surface area (Å²) in [7, 11) is 3.72. The highest BCUT2D eigenvalue weighted by atomic mass is 16.5. The Labute approximate surface area is 148 Å². The van der Waals surface area contributed by atoms with Crippen molar-refractivity contribution in [1.82, 2.24) is 9.88 Å². The Bertz CT molecular complexity index is 925. The minimum Gasteiger partial charge on any atom is -0.496 e. The van der Waals surface area contributed by atoms with Crippen molar-refractivity contribution in [2.45, 2.75) is 20.3 Å². The number of carbonyl (C=O) groups excluding carboxylic acids is 1. The highest BCUT2D eigenvalue weighted by Crippen LogP contribution is 2.25. The van der Waals surface area contributed by atoms with Crippen molar-refractivity contribution in [2.24, 2.45) is 7.05 Å². The van der Waals surface area contributed by atoms with Crippen molar-refractivity contribution < 1.29 is 9.53 Å². The molecule has 0 aliphatic carbocycles. The van der Waals surface area contributed by atoms with Crippen LogP contribution in [0.15, 0.2) is 42.5 Å². The van der Waals surface area contributed by atoms with Crippen molar-refractivity contribution in [3.05, 3.63) is 64.8 Å². The molecule has 0 radical (unpaired) electrons. The lowest BCUT2D eigenvalue weighted by Crippen LogP contribution is -2.25. The zero-order valence-electron chi connectivity index (χ0n) is 15.2. The number of nitrogens with one attached hydrogen (secondary N) is 1. The van der Waals surface area contributed by atoms with Gasteiger partial charge in [0.1, 0.15) is 5.75 Å². The summed E-state index contributed by atoms with van der Waals surface area (Å²) < 4.78 is 7.51. The summed E-state index contributed by atoms with van der Waals surface area (Å²) >= 11 is 0. The second-order valence-corrected chi connectivity index (χ2v) is 6.32. The Morgan fingerprint density at radius 1 is 1.16 bits per heavy atom. The number of ether oxygens (including phenoxy) is 1. The molecule has 0 atom stereocenters. The molecule has 1 amide bonds. The second-order valence-electron chi connectivity index (χ2n) is 6.32. The lowest BCUT2D eigenvalue weighted by atomic mass is 10.1. The lowest BCUT2D eigenvalue weighted by molar-refractivity contribution is 0.0954. The molecule has 0 spiro atoms. The minimum atomic E-state index is -0.0438. The second kappa shape index (κ2) is 7.01. The van der Waals surface area contributed by atoms with Gasteiger partial charge in [0.15, 0.2) is 0 Å². The normalized spacial score (nSPS) is 10.9. The number of nitrogens with zero attached hydrogens (tertiary/aromatic N) is 1. The summed E-state index contributed by atoms with van der Waals surface area (Å²) in [5.41, 5.74) is 5.39. The van der Waals surface area contributed by atoms with Gasteiger partial charge in [-0.15, -0.1) is 0 Å². The molecule has 0 aliphatic rings.